The van der Waals surface area contributed by atoms with Crippen LogP contribution >= 0.6 is 0 Å². The van der Waals surface area contributed by atoms with Gasteiger partial charge in [0.1, 0.15) is 5.69 Å². The van der Waals surface area contributed by atoms with Crippen molar-refractivity contribution in [2.45, 2.75) is 12.0 Å². The van der Waals surface area contributed by atoms with E-state index in [0.29, 0.717) is 11.3 Å². The third-order valence-electron chi connectivity index (χ3n) is 3.74. The zero-order valence-corrected chi connectivity index (χ0v) is 11.5. The van der Waals surface area contributed by atoms with Crippen LogP contribution in [-0.4, -0.2) is 28.8 Å². The number of aromatic nitrogens is 1. The molecule has 5 heteroatoms. The fourth-order valence-corrected chi connectivity index (χ4v) is 2.64. The zero-order chi connectivity index (χ0) is 15.0. The number of carbonyl (C=O) groups is 2. The highest BCUT2D eigenvalue weighted by Crippen LogP contribution is 2.41. The smallest absolute Gasteiger partial charge is 0.263 e. The molecule has 1 atom stereocenters. The van der Waals surface area contributed by atoms with Gasteiger partial charge in [-0.15, -0.1) is 0 Å². The van der Waals surface area contributed by atoms with Crippen molar-refractivity contribution in [3.63, 3.8) is 0 Å². The molecule has 0 bridgehead atoms. The number of amides is 1. The van der Waals surface area contributed by atoms with Crippen LogP contribution in [0.2, 0.25) is 0 Å². The van der Waals surface area contributed by atoms with E-state index >= 15 is 0 Å². The van der Waals surface area contributed by atoms with E-state index in [1.54, 1.807) is 49.5 Å². The lowest BCUT2D eigenvalue weighted by Crippen LogP contribution is -2.40. The van der Waals surface area contributed by atoms with E-state index in [9.17, 15) is 14.7 Å². The first-order chi connectivity index (χ1) is 10.0. The molecule has 2 heterocycles. The van der Waals surface area contributed by atoms with Gasteiger partial charge in [-0.1, -0.05) is 24.3 Å². The summed E-state index contributed by atoms with van der Waals surface area (Å²) in [6.45, 7) is 0. The van der Waals surface area contributed by atoms with Crippen LogP contribution in [0.25, 0.3) is 0 Å². The molecule has 1 aliphatic heterocycles. The second-order valence-electron chi connectivity index (χ2n) is 5.06. The lowest BCUT2D eigenvalue weighted by Gasteiger charge is -2.20. The molecule has 5 nitrogen and oxygen atoms in total. The number of Topliss-reactive ketones (excluding diaryl/α,β-unsaturated/α-hetero) is 1. The molecule has 3 rings (SSSR count). The van der Waals surface area contributed by atoms with Crippen molar-refractivity contribution in [3.8, 4) is 0 Å². The number of para-hydroxylation sites is 1. The average molecular weight is 282 g/mol. The summed E-state index contributed by atoms with van der Waals surface area (Å²) < 4.78 is 0. The molecular weight excluding hydrogens is 268 g/mol. The average Bonchev–Trinajstić information content (AvgIpc) is 2.71. The third-order valence-corrected chi connectivity index (χ3v) is 3.74. The molecule has 106 valence electrons. The fourth-order valence-electron chi connectivity index (χ4n) is 2.64. The van der Waals surface area contributed by atoms with Gasteiger partial charge in [0.15, 0.2) is 11.4 Å². The molecule has 1 aromatic carbocycles. The number of aliphatic hydroxyl groups is 1. The van der Waals surface area contributed by atoms with Crippen LogP contribution in [0, 0.1) is 0 Å². The molecule has 0 fully saturated rings. The van der Waals surface area contributed by atoms with E-state index in [-0.39, 0.29) is 17.9 Å². The van der Waals surface area contributed by atoms with Crippen LogP contribution < -0.4 is 4.90 Å². The summed E-state index contributed by atoms with van der Waals surface area (Å²) in [6.07, 6.45) is 1.19. The molecule has 2 aromatic rings. The lowest BCUT2D eigenvalue weighted by atomic mass is 9.89. The first-order valence-electron chi connectivity index (χ1n) is 6.58. The van der Waals surface area contributed by atoms with Crippen LogP contribution in [0.1, 0.15) is 22.5 Å². The molecule has 21 heavy (non-hydrogen) atoms. The molecule has 1 N–H and O–H groups in total. The van der Waals surface area contributed by atoms with Gasteiger partial charge < -0.3 is 10.0 Å². The van der Waals surface area contributed by atoms with E-state index in [1.807, 2.05) is 0 Å². The maximum absolute atomic E-state index is 12.4. The maximum Gasteiger partial charge on any atom is 0.263 e. The number of hydrogen-bond donors (Lipinski definition) is 1. The molecule has 0 radical (unpaired) electrons. The Hall–Kier alpha value is -2.53. The second kappa shape index (κ2) is 4.79. The number of fused-ring (bicyclic) bond motifs is 1. The number of nitrogens with zero attached hydrogens (tertiary/aromatic N) is 2. The third kappa shape index (κ3) is 2.02. The minimum atomic E-state index is -1.82. The van der Waals surface area contributed by atoms with Crippen LogP contribution in [0.4, 0.5) is 5.69 Å². The second-order valence-corrected chi connectivity index (χ2v) is 5.06. The highest BCUT2D eigenvalue weighted by atomic mass is 16.3. The molecule has 1 aliphatic rings. The van der Waals surface area contributed by atoms with Gasteiger partial charge in [-0.2, -0.15) is 0 Å². The topological polar surface area (TPSA) is 70.5 Å². The molecule has 0 saturated heterocycles. The van der Waals surface area contributed by atoms with Crippen molar-refractivity contribution in [2.75, 3.05) is 11.9 Å². The molecular formula is C16H14N2O3. The first-order valence-corrected chi connectivity index (χ1v) is 6.58. The Balaban J connectivity index is 1.98. The van der Waals surface area contributed by atoms with E-state index in [2.05, 4.69) is 4.98 Å². The highest BCUT2D eigenvalue weighted by molar-refractivity contribution is 6.10. The Labute approximate surface area is 121 Å². The van der Waals surface area contributed by atoms with Gasteiger partial charge in [0, 0.05) is 18.8 Å². The van der Waals surface area contributed by atoms with Crippen molar-refractivity contribution >= 4 is 17.4 Å². The summed E-state index contributed by atoms with van der Waals surface area (Å²) >= 11 is 0. The van der Waals surface area contributed by atoms with Crippen molar-refractivity contribution in [1.29, 1.82) is 0 Å². The van der Waals surface area contributed by atoms with Gasteiger partial charge in [0.2, 0.25) is 0 Å². The Morgan fingerprint density at radius 3 is 2.67 bits per heavy atom. The largest absolute Gasteiger partial charge is 0.375 e. The number of benzene rings is 1. The van der Waals surface area contributed by atoms with Gasteiger partial charge in [-0.05, 0) is 18.2 Å². The number of likely N-dealkylation sites (N-methyl/N-ethyl adjacent to an activating group) is 1. The Kier molecular flexibility index (Phi) is 3.07. The summed E-state index contributed by atoms with van der Waals surface area (Å²) in [7, 11) is 1.59. The van der Waals surface area contributed by atoms with Gasteiger partial charge >= 0.3 is 0 Å². The molecule has 0 spiro atoms. The predicted octanol–water partition coefficient (Wildman–Crippen LogP) is 1.52. The van der Waals surface area contributed by atoms with E-state index < -0.39 is 11.5 Å². The summed E-state index contributed by atoms with van der Waals surface area (Å²) in [6, 6.07) is 11.9. The Bertz CT molecular complexity index is 714. The van der Waals surface area contributed by atoms with Crippen molar-refractivity contribution in [2.24, 2.45) is 0 Å². The van der Waals surface area contributed by atoms with Crippen LogP contribution in [-0.2, 0) is 10.4 Å². The van der Waals surface area contributed by atoms with Crippen molar-refractivity contribution in [1.82, 2.24) is 4.98 Å². The predicted molar refractivity (Wildman–Crippen MR) is 76.9 cm³/mol. The van der Waals surface area contributed by atoms with E-state index in [0.717, 1.165) is 0 Å². The summed E-state index contributed by atoms with van der Waals surface area (Å²) in [4.78, 5) is 30.0. The number of carbonyl (C=O) groups excluding carboxylic acids is 2. The monoisotopic (exact) mass is 282 g/mol. The van der Waals surface area contributed by atoms with Gasteiger partial charge in [0.05, 0.1) is 12.1 Å². The van der Waals surface area contributed by atoms with Gasteiger partial charge in [-0.3, -0.25) is 14.6 Å². The minimum absolute atomic E-state index is 0.241. The molecule has 0 aliphatic carbocycles. The number of ketones is 1. The summed E-state index contributed by atoms with van der Waals surface area (Å²) in [5, 5.41) is 10.8. The van der Waals surface area contributed by atoms with Crippen LogP contribution in [0.15, 0.2) is 48.7 Å². The summed E-state index contributed by atoms with van der Waals surface area (Å²) in [5.41, 5.74) is -0.494. The number of pyridine rings is 1. The standard InChI is InChI=1S/C16H14N2O3/c1-18-13-8-3-2-6-11(13)16(21,15(18)20)10-14(19)12-7-4-5-9-17-12/h2-9,21H,10H2,1H3. The molecule has 1 unspecified atom stereocenters. The number of hydrogen-bond acceptors (Lipinski definition) is 4. The van der Waals surface area contributed by atoms with Gasteiger partial charge in [0.25, 0.3) is 5.91 Å². The first kappa shape index (κ1) is 13.5. The minimum Gasteiger partial charge on any atom is -0.375 e. The fraction of sp³-hybridized carbons (Fsp3) is 0.188. The van der Waals surface area contributed by atoms with Crippen molar-refractivity contribution < 1.29 is 14.7 Å². The lowest BCUT2D eigenvalue weighted by molar-refractivity contribution is -0.135. The van der Waals surface area contributed by atoms with Gasteiger partial charge in [-0.25, -0.2) is 0 Å². The van der Waals surface area contributed by atoms with Crippen LogP contribution in [0.3, 0.4) is 0 Å². The molecule has 0 saturated carbocycles. The Morgan fingerprint density at radius 2 is 1.95 bits per heavy atom. The van der Waals surface area contributed by atoms with E-state index in [1.165, 1.54) is 11.1 Å². The molecule has 1 amide bonds. The van der Waals surface area contributed by atoms with E-state index in [4.69, 9.17) is 0 Å². The Morgan fingerprint density at radius 1 is 1.24 bits per heavy atom. The maximum atomic E-state index is 12.4. The summed E-state index contributed by atoms with van der Waals surface area (Å²) in [5.74, 6) is -0.857. The molecule has 1 aromatic heterocycles. The van der Waals surface area contributed by atoms with Crippen molar-refractivity contribution in [3.05, 3.63) is 59.9 Å². The normalized spacial score (nSPS) is 20.5. The number of anilines is 1. The van der Waals surface area contributed by atoms with Crippen LogP contribution in [0.5, 0.6) is 0 Å². The SMILES string of the molecule is CN1C(=O)C(O)(CC(=O)c2ccccn2)c2ccccc21. The quantitative estimate of drug-likeness (QED) is 0.866. The highest BCUT2D eigenvalue weighted by Gasteiger charge is 2.49. The zero-order valence-electron chi connectivity index (χ0n) is 11.5. The number of rotatable bonds is 3.